The average molecular weight is 309 g/mol. The lowest BCUT2D eigenvalue weighted by atomic mass is 9.93. The van der Waals surface area contributed by atoms with Crippen molar-refractivity contribution in [2.24, 2.45) is 5.92 Å². The third kappa shape index (κ3) is 3.04. The number of aromatic nitrogens is 1. The first-order valence-corrected chi connectivity index (χ1v) is 7.91. The summed E-state index contributed by atoms with van der Waals surface area (Å²) in [4.78, 5) is 14.8. The molecule has 7 nitrogen and oxygen atoms in total. The molecule has 0 aliphatic carbocycles. The molecule has 2 atom stereocenters. The van der Waals surface area contributed by atoms with Gasteiger partial charge in [-0.05, 0) is 31.9 Å². The van der Waals surface area contributed by atoms with Crippen molar-refractivity contribution in [2.75, 3.05) is 6.54 Å². The molecule has 1 aliphatic rings. The molecule has 0 aromatic carbocycles. The van der Waals surface area contributed by atoms with Crippen LogP contribution in [0.15, 0.2) is 23.2 Å². The number of rotatable bonds is 3. The van der Waals surface area contributed by atoms with Crippen LogP contribution in [0.2, 0.25) is 0 Å². The summed E-state index contributed by atoms with van der Waals surface area (Å²) >= 11 is 0. The number of piperidine rings is 1. The fourth-order valence-electron chi connectivity index (χ4n) is 2.47. The van der Waals surface area contributed by atoms with Gasteiger partial charge in [0.05, 0.1) is 5.92 Å². The van der Waals surface area contributed by atoms with E-state index in [1.807, 2.05) is 6.07 Å². The number of carboxylic acid groups (broad SMARTS) is 1. The molecule has 0 radical (unpaired) electrons. The number of pyridine rings is 1. The minimum atomic E-state index is -3.72. The lowest BCUT2D eigenvalue weighted by Crippen LogP contribution is -2.45. The van der Waals surface area contributed by atoms with Gasteiger partial charge in [-0.3, -0.25) is 4.79 Å². The molecule has 8 heteroatoms. The summed E-state index contributed by atoms with van der Waals surface area (Å²) in [6.45, 7) is 1.87. The highest BCUT2D eigenvalue weighted by Crippen LogP contribution is 2.28. The molecule has 1 aromatic heterocycles. The fourth-order valence-corrected chi connectivity index (χ4v) is 4.07. The number of aliphatic carboxylic acids is 1. The Morgan fingerprint density at radius 1 is 1.52 bits per heavy atom. The molecule has 2 heterocycles. The maximum absolute atomic E-state index is 12.5. The van der Waals surface area contributed by atoms with Crippen molar-refractivity contribution in [3.63, 3.8) is 0 Å². The Morgan fingerprint density at radius 3 is 2.71 bits per heavy atom. The van der Waals surface area contributed by atoms with Crippen LogP contribution < -0.4 is 0 Å². The molecule has 1 fully saturated rings. The molecule has 1 N–H and O–H groups in total. The highest BCUT2D eigenvalue weighted by Gasteiger charge is 2.36. The third-order valence-electron chi connectivity index (χ3n) is 3.62. The van der Waals surface area contributed by atoms with E-state index in [0.29, 0.717) is 6.42 Å². The van der Waals surface area contributed by atoms with Gasteiger partial charge >= 0.3 is 5.97 Å². The Morgan fingerprint density at radius 2 is 2.24 bits per heavy atom. The number of sulfonamides is 1. The van der Waals surface area contributed by atoms with Crippen LogP contribution in [0, 0.1) is 17.2 Å². The monoisotopic (exact) mass is 309 g/mol. The van der Waals surface area contributed by atoms with Crippen molar-refractivity contribution in [2.45, 2.75) is 30.7 Å². The summed E-state index contributed by atoms with van der Waals surface area (Å²) in [7, 11) is -3.72. The van der Waals surface area contributed by atoms with Gasteiger partial charge in [0.25, 0.3) is 0 Å². The van der Waals surface area contributed by atoms with E-state index in [-0.39, 0.29) is 29.6 Å². The van der Waals surface area contributed by atoms with Crippen molar-refractivity contribution in [3.8, 4) is 6.07 Å². The number of hydrogen-bond donors (Lipinski definition) is 1. The Balaban J connectivity index is 2.24. The van der Waals surface area contributed by atoms with Gasteiger partial charge in [-0.25, -0.2) is 13.4 Å². The minimum absolute atomic E-state index is 0.0159. The largest absolute Gasteiger partial charge is 0.481 e. The van der Waals surface area contributed by atoms with E-state index < -0.39 is 21.9 Å². The maximum atomic E-state index is 12.5. The molecule has 2 rings (SSSR count). The van der Waals surface area contributed by atoms with Crippen LogP contribution in [-0.4, -0.2) is 41.4 Å². The zero-order valence-electron chi connectivity index (χ0n) is 11.4. The SMILES string of the molecule is CC1CC(C(=O)O)CCN1S(=O)(=O)c1ccc(C#N)nc1. The van der Waals surface area contributed by atoms with E-state index in [9.17, 15) is 13.2 Å². The number of carbonyl (C=O) groups is 1. The van der Waals surface area contributed by atoms with Crippen molar-refractivity contribution < 1.29 is 18.3 Å². The molecule has 21 heavy (non-hydrogen) atoms. The average Bonchev–Trinajstić information content (AvgIpc) is 2.46. The molecule has 0 bridgehead atoms. The van der Waals surface area contributed by atoms with E-state index >= 15 is 0 Å². The van der Waals surface area contributed by atoms with E-state index in [4.69, 9.17) is 10.4 Å². The molecule has 0 saturated carbocycles. The summed E-state index contributed by atoms with van der Waals surface area (Å²) in [6, 6.07) is 4.13. The Bertz CT molecular complexity index is 678. The highest BCUT2D eigenvalue weighted by molar-refractivity contribution is 7.89. The summed E-state index contributed by atoms with van der Waals surface area (Å²) in [5, 5.41) is 17.7. The first-order chi connectivity index (χ1) is 9.86. The van der Waals surface area contributed by atoms with Gasteiger partial charge in [0.15, 0.2) is 0 Å². The van der Waals surface area contributed by atoms with E-state index in [0.717, 1.165) is 6.20 Å². The lowest BCUT2D eigenvalue weighted by molar-refractivity contribution is -0.143. The van der Waals surface area contributed by atoms with E-state index in [2.05, 4.69) is 4.98 Å². The first kappa shape index (κ1) is 15.4. The zero-order chi connectivity index (χ0) is 15.6. The predicted octanol–water partition coefficient (Wildman–Crippen LogP) is 0.827. The van der Waals surface area contributed by atoms with Gasteiger partial charge in [-0.15, -0.1) is 0 Å². The van der Waals surface area contributed by atoms with Crippen LogP contribution in [0.1, 0.15) is 25.5 Å². The van der Waals surface area contributed by atoms with Crippen LogP contribution in [0.25, 0.3) is 0 Å². The van der Waals surface area contributed by atoms with Gasteiger partial charge in [-0.1, -0.05) is 0 Å². The van der Waals surface area contributed by atoms with Crippen LogP contribution >= 0.6 is 0 Å². The second-order valence-electron chi connectivity index (χ2n) is 5.02. The quantitative estimate of drug-likeness (QED) is 0.885. The van der Waals surface area contributed by atoms with E-state index in [1.165, 1.54) is 16.4 Å². The molecule has 1 saturated heterocycles. The molecule has 0 amide bonds. The molecular formula is C13H15N3O4S. The Hall–Kier alpha value is -1.98. The standard InChI is InChI=1S/C13H15N3O4S/c1-9-6-10(13(17)18)4-5-16(9)21(19,20)12-3-2-11(7-14)15-8-12/h2-3,8-10H,4-6H2,1H3,(H,17,18). The van der Waals surface area contributed by atoms with E-state index in [1.54, 1.807) is 6.92 Å². The normalized spacial score (nSPS) is 23.4. The number of hydrogen-bond acceptors (Lipinski definition) is 5. The zero-order valence-corrected chi connectivity index (χ0v) is 12.2. The number of nitrogens with zero attached hydrogens (tertiary/aromatic N) is 3. The molecule has 2 unspecified atom stereocenters. The van der Waals surface area contributed by atoms with Gasteiger partial charge < -0.3 is 5.11 Å². The van der Waals surface area contributed by atoms with Gasteiger partial charge in [0, 0.05) is 18.8 Å². The maximum Gasteiger partial charge on any atom is 0.306 e. The van der Waals surface area contributed by atoms with Crippen molar-refractivity contribution in [1.82, 2.24) is 9.29 Å². The second-order valence-corrected chi connectivity index (χ2v) is 6.91. The van der Waals surface area contributed by atoms with Crippen molar-refractivity contribution in [3.05, 3.63) is 24.0 Å². The summed E-state index contributed by atoms with van der Waals surface area (Å²) in [5.41, 5.74) is 0.145. The van der Waals surface area contributed by atoms with Crippen LogP contribution in [0.3, 0.4) is 0 Å². The third-order valence-corrected chi connectivity index (χ3v) is 5.62. The van der Waals surface area contributed by atoms with Crippen LogP contribution in [0.4, 0.5) is 0 Å². The highest BCUT2D eigenvalue weighted by atomic mass is 32.2. The van der Waals surface area contributed by atoms with Gasteiger partial charge in [0.1, 0.15) is 16.7 Å². The molecule has 0 spiro atoms. The molecule has 1 aromatic rings. The van der Waals surface area contributed by atoms with Crippen LogP contribution in [-0.2, 0) is 14.8 Å². The number of nitriles is 1. The molecular weight excluding hydrogens is 294 g/mol. The Kier molecular flexibility index (Phi) is 4.25. The van der Waals surface area contributed by atoms with Gasteiger partial charge in [0.2, 0.25) is 10.0 Å². The smallest absolute Gasteiger partial charge is 0.306 e. The topological polar surface area (TPSA) is 111 Å². The second kappa shape index (κ2) is 5.79. The molecule has 112 valence electrons. The molecule has 1 aliphatic heterocycles. The summed E-state index contributed by atoms with van der Waals surface area (Å²) < 4.78 is 26.4. The fraction of sp³-hybridized carbons (Fsp3) is 0.462. The summed E-state index contributed by atoms with van der Waals surface area (Å²) in [5.74, 6) is -1.40. The van der Waals surface area contributed by atoms with Crippen molar-refractivity contribution in [1.29, 1.82) is 5.26 Å². The van der Waals surface area contributed by atoms with Crippen molar-refractivity contribution >= 4 is 16.0 Å². The lowest BCUT2D eigenvalue weighted by Gasteiger charge is -2.35. The van der Waals surface area contributed by atoms with Crippen LogP contribution in [0.5, 0.6) is 0 Å². The predicted molar refractivity (Wildman–Crippen MR) is 72.7 cm³/mol. The van der Waals surface area contributed by atoms with Gasteiger partial charge in [-0.2, -0.15) is 9.57 Å². The Labute approximate surface area is 122 Å². The first-order valence-electron chi connectivity index (χ1n) is 6.47. The minimum Gasteiger partial charge on any atom is -0.481 e. The summed E-state index contributed by atoms with van der Waals surface area (Å²) in [6.07, 6.45) is 1.74. The number of carboxylic acids is 1.